The summed E-state index contributed by atoms with van der Waals surface area (Å²) in [6.07, 6.45) is 6.78. The molecule has 1 aliphatic carbocycles. The third-order valence-corrected chi connectivity index (χ3v) is 3.07. The van der Waals surface area contributed by atoms with Crippen molar-refractivity contribution in [1.82, 2.24) is 9.55 Å². The van der Waals surface area contributed by atoms with E-state index in [1.54, 1.807) is 0 Å². The first-order valence-corrected chi connectivity index (χ1v) is 5.60. The molecule has 0 radical (unpaired) electrons. The van der Waals surface area contributed by atoms with E-state index in [0.717, 1.165) is 25.0 Å². The predicted octanol–water partition coefficient (Wildman–Crippen LogP) is 2.56. The number of halogens is 1. The summed E-state index contributed by atoms with van der Waals surface area (Å²) in [5.74, 6) is 0.535. The van der Waals surface area contributed by atoms with Gasteiger partial charge in [-0.2, -0.15) is 0 Å². The van der Waals surface area contributed by atoms with Crippen molar-refractivity contribution in [2.24, 2.45) is 0 Å². The summed E-state index contributed by atoms with van der Waals surface area (Å²) in [6, 6.07) is 0. The number of imidazole rings is 1. The maximum absolute atomic E-state index is 5.72. The van der Waals surface area contributed by atoms with Gasteiger partial charge >= 0.3 is 0 Å². The van der Waals surface area contributed by atoms with E-state index >= 15 is 0 Å². The van der Waals surface area contributed by atoms with Crippen LogP contribution in [-0.2, 0) is 19.4 Å². The van der Waals surface area contributed by atoms with E-state index in [-0.39, 0.29) is 0 Å². The molecule has 1 aromatic heterocycles. The van der Waals surface area contributed by atoms with Crippen LogP contribution in [0.5, 0.6) is 0 Å². The molecule has 0 unspecified atom stereocenters. The van der Waals surface area contributed by atoms with Gasteiger partial charge < -0.3 is 4.57 Å². The first-order valence-electron chi connectivity index (χ1n) is 5.06. The zero-order chi connectivity index (χ0) is 9.97. The molecule has 0 aliphatic heterocycles. The Morgan fingerprint density at radius 1 is 1.50 bits per heavy atom. The molecule has 2 nitrogen and oxygen atoms in total. The van der Waals surface area contributed by atoms with Crippen molar-refractivity contribution < 1.29 is 0 Å². The Morgan fingerprint density at radius 2 is 2.29 bits per heavy atom. The molecule has 0 fully saturated rings. The van der Waals surface area contributed by atoms with E-state index in [1.165, 1.54) is 24.2 Å². The molecule has 0 saturated carbocycles. The minimum Gasteiger partial charge on any atom is -0.330 e. The molecule has 0 N–H and O–H groups in total. The van der Waals surface area contributed by atoms with Crippen molar-refractivity contribution in [3.63, 3.8) is 0 Å². The summed E-state index contributed by atoms with van der Waals surface area (Å²) in [4.78, 5) is 4.42. The molecular formula is C11H15ClN2. The third-order valence-electron chi connectivity index (χ3n) is 2.69. The van der Waals surface area contributed by atoms with Crippen molar-refractivity contribution in [2.45, 2.75) is 32.2 Å². The summed E-state index contributed by atoms with van der Waals surface area (Å²) < 4.78 is 2.19. The van der Waals surface area contributed by atoms with Gasteiger partial charge in [-0.3, -0.25) is 0 Å². The fraction of sp³-hybridized carbons (Fsp3) is 0.545. The van der Waals surface area contributed by atoms with Gasteiger partial charge in [-0.15, -0.1) is 11.6 Å². The lowest BCUT2D eigenvalue weighted by Gasteiger charge is -2.14. The first kappa shape index (κ1) is 9.78. The smallest absolute Gasteiger partial charge is 0.0954 e. The molecule has 1 aromatic rings. The highest BCUT2D eigenvalue weighted by molar-refractivity contribution is 6.19. The fourth-order valence-corrected chi connectivity index (χ4v) is 2.03. The van der Waals surface area contributed by atoms with E-state index in [9.17, 15) is 0 Å². The average Bonchev–Trinajstić information content (AvgIpc) is 2.62. The molecule has 0 amide bonds. The highest BCUT2D eigenvalue weighted by Crippen LogP contribution is 2.20. The Bertz CT molecular complexity index is 341. The monoisotopic (exact) mass is 210 g/mol. The first-order chi connectivity index (χ1) is 6.81. The van der Waals surface area contributed by atoms with Crippen LogP contribution < -0.4 is 0 Å². The summed E-state index contributed by atoms with van der Waals surface area (Å²) >= 11 is 5.72. The molecular weight excluding hydrogens is 196 g/mol. The maximum Gasteiger partial charge on any atom is 0.0954 e. The number of allylic oxidation sites excluding steroid dienone is 1. The Hall–Kier alpha value is -0.760. The van der Waals surface area contributed by atoms with Crippen LogP contribution in [0.25, 0.3) is 0 Å². The van der Waals surface area contributed by atoms with E-state index in [2.05, 4.69) is 16.1 Å². The molecule has 76 valence electrons. The SMILES string of the molecule is C=C(CCl)Cn1cnc2c1CCCC2. The van der Waals surface area contributed by atoms with Crippen LogP contribution in [-0.4, -0.2) is 15.4 Å². The summed E-state index contributed by atoms with van der Waals surface area (Å²) in [7, 11) is 0. The lowest BCUT2D eigenvalue weighted by Crippen LogP contribution is -2.09. The van der Waals surface area contributed by atoms with Gasteiger partial charge in [0, 0.05) is 18.1 Å². The lowest BCUT2D eigenvalue weighted by molar-refractivity contribution is 0.627. The van der Waals surface area contributed by atoms with Crippen LogP contribution in [0.2, 0.25) is 0 Å². The van der Waals surface area contributed by atoms with Gasteiger partial charge in [-0.05, 0) is 31.3 Å². The number of alkyl halides is 1. The van der Waals surface area contributed by atoms with Crippen LogP contribution in [0.1, 0.15) is 24.2 Å². The Kier molecular flexibility index (Phi) is 2.92. The molecule has 14 heavy (non-hydrogen) atoms. The lowest BCUT2D eigenvalue weighted by atomic mass is 10.0. The number of nitrogens with zero attached hydrogens (tertiary/aromatic N) is 2. The van der Waals surface area contributed by atoms with E-state index in [4.69, 9.17) is 11.6 Å². The van der Waals surface area contributed by atoms with Crippen LogP contribution in [0.3, 0.4) is 0 Å². The van der Waals surface area contributed by atoms with Crippen LogP contribution in [0.15, 0.2) is 18.5 Å². The molecule has 0 bridgehead atoms. The second kappa shape index (κ2) is 4.18. The van der Waals surface area contributed by atoms with Gasteiger partial charge in [-0.25, -0.2) is 4.98 Å². The molecule has 1 heterocycles. The van der Waals surface area contributed by atoms with Gasteiger partial charge in [-0.1, -0.05) is 6.58 Å². The van der Waals surface area contributed by atoms with Gasteiger partial charge in [0.25, 0.3) is 0 Å². The Labute approximate surface area is 89.6 Å². The van der Waals surface area contributed by atoms with E-state index < -0.39 is 0 Å². The highest BCUT2D eigenvalue weighted by Gasteiger charge is 2.14. The normalized spacial score (nSPS) is 15.2. The number of fused-ring (bicyclic) bond motifs is 1. The van der Waals surface area contributed by atoms with Crippen LogP contribution >= 0.6 is 11.6 Å². The Balaban J connectivity index is 2.18. The number of aryl methyl sites for hydroxylation is 1. The van der Waals surface area contributed by atoms with Crippen molar-refractivity contribution in [3.05, 3.63) is 29.9 Å². The summed E-state index contributed by atoms with van der Waals surface area (Å²) in [5, 5.41) is 0. The Morgan fingerprint density at radius 3 is 3.07 bits per heavy atom. The number of aromatic nitrogens is 2. The zero-order valence-electron chi connectivity index (χ0n) is 8.30. The summed E-state index contributed by atoms with van der Waals surface area (Å²) in [5.41, 5.74) is 3.72. The maximum atomic E-state index is 5.72. The molecule has 3 heteroatoms. The van der Waals surface area contributed by atoms with Gasteiger partial charge in [0.2, 0.25) is 0 Å². The third kappa shape index (κ3) is 1.85. The fourth-order valence-electron chi connectivity index (χ4n) is 1.95. The van der Waals surface area contributed by atoms with Gasteiger partial charge in [0.1, 0.15) is 0 Å². The van der Waals surface area contributed by atoms with E-state index in [1.807, 2.05) is 6.33 Å². The predicted molar refractivity (Wildman–Crippen MR) is 58.7 cm³/mol. The molecule has 0 atom stereocenters. The quantitative estimate of drug-likeness (QED) is 0.554. The van der Waals surface area contributed by atoms with Crippen molar-refractivity contribution >= 4 is 11.6 Å². The van der Waals surface area contributed by atoms with Gasteiger partial charge in [0.05, 0.1) is 12.0 Å². The molecule has 0 saturated heterocycles. The number of hydrogen-bond acceptors (Lipinski definition) is 1. The molecule has 0 aromatic carbocycles. The topological polar surface area (TPSA) is 17.8 Å². The van der Waals surface area contributed by atoms with Crippen LogP contribution in [0.4, 0.5) is 0 Å². The molecule has 1 aliphatic rings. The minimum absolute atomic E-state index is 0.535. The highest BCUT2D eigenvalue weighted by atomic mass is 35.5. The number of rotatable bonds is 3. The number of hydrogen-bond donors (Lipinski definition) is 0. The minimum atomic E-state index is 0.535. The molecule has 0 spiro atoms. The summed E-state index contributed by atoms with van der Waals surface area (Å²) in [6.45, 7) is 4.74. The average molecular weight is 211 g/mol. The van der Waals surface area contributed by atoms with Crippen molar-refractivity contribution in [1.29, 1.82) is 0 Å². The van der Waals surface area contributed by atoms with E-state index in [0.29, 0.717) is 5.88 Å². The zero-order valence-corrected chi connectivity index (χ0v) is 9.06. The van der Waals surface area contributed by atoms with Crippen molar-refractivity contribution in [3.8, 4) is 0 Å². The second-order valence-electron chi connectivity index (χ2n) is 3.86. The molecule has 2 rings (SSSR count). The van der Waals surface area contributed by atoms with Gasteiger partial charge in [0.15, 0.2) is 0 Å². The van der Waals surface area contributed by atoms with Crippen LogP contribution in [0, 0.1) is 0 Å². The largest absolute Gasteiger partial charge is 0.330 e. The second-order valence-corrected chi connectivity index (χ2v) is 4.12. The standard InChI is InChI=1S/C11H15ClN2/c1-9(6-12)7-14-8-13-10-4-2-3-5-11(10)14/h8H,1-7H2. The van der Waals surface area contributed by atoms with Crippen molar-refractivity contribution in [2.75, 3.05) is 5.88 Å².